The van der Waals surface area contributed by atoms with E-state index in [2.05, 4.69) is 0 Å². The van der Waals surface area contributed by atoms with Crippen LogP contribution in [0, 0.1) is 5.82 Å². The number of anilines is 1. The maximum absolute atomic E-state index is 14.2. The number of amides is 1. The van der Waals surface area contributed by atoms with E-state index in [1.807, 2.05) is 0 Å². The molecule has 0 spiro atoms. The first-order valence-corrected chi connectivity index (χ1v) is 11.6. The standard InChI is InChI=1S/C20H30FN3O4S/c1-20(2,3)28-19(25)23-12-15(9-10-16-17(21)7-4-8-18(16)22)24-13-14(23)6-5-11-29(24,26)27/h4,7-8,14-15H,5-6,9-13,22H2,1-3H3. The van der Waals surface area contributed by atoms with Crippen LogP contribution in [0.1, 0.15) is 45.6 Å². The molecular formula is C20H30FN3O4S. The summed E-state index contributed by atoms with van der Waals surface area (Å²) >= 11 is 0. The number of hydrogen-bond acceptors (Lipinski definition) is 5. The summed E-state index contributed by atoms with van der Waals surface area (Å²) in [6, 6.07) is 3.87. The molecule has 9 heteroatoms. The molecule has 162 valence electrons. The van der Waals surface area contributed by atoms with Gasteiger partial charge >= 0.3 is 6.09 Å². The van der Waals surface area contributed by atoms with Crippen LogP contribution in [0.3, 0.4) is 0 Å². The van der Waals surface area contributed by atoms with Gasteiger partial charge in [-0.15, -0.1) is 0 Å². The molecule has 1 aromatic rings. The molecule has 2 saturated heterocycles. The molecule has 0 radical (unpaired) electrons. The number of nitrogen functional groups attached to an aromatic ring is 1. The second kappa shape index (κ2) is 8.10. The van der Waals surface area contributed by atoms with E-state index in [1.54, 1.807) is 37.8 Å². The number of nitrogens with two attached hydrogens (primary N) is 1. The summed E-state index contributed by atoms with van der Waals surface area (Å²) in [6.45, 7) is 5.89. The average molecular weight is 428 g/mol. The zero-order valence-electron chi connectivity index (χ0n) is 17.2. The van der Waals surface area contributed by atoms with Gasteiger partial charge in [-0.05, 0) is 58.6 Å². The van der Waals surface area contributed by atoms with E-state index >= 15 is 0 Å². The Bertz CT molecular complexity index is 849. The van der Waals surface area contributed by atoms with E-state index in [-0.39, 0.29) is 24.9 Å². The third-order valence-electron chi connectivity index (χ3n) is 5.45. The minimum Gasteiger partial charge on any atom is -0.444 e. The number of hydrogen-bond donors (Lipinski definition) is 1. The Morgan fingerprint density at radius 3 is 2.69 bits per heavy atom. The zero-order chi connectivity index (χ0) is 21.4. The van der Waals surface area contributed by atoms with Gasteiger partial charge in [-0.2, -0.15) is 4.31 Å². The topological polar surface area (TPSA) is 92.9 Å². The summed E-state index contributed by atoms with van der Waals surface area (Å²) in [7, 11) is -3.42. The van der Waals surface area contributed by atoms with Crippen LogP contribution in [0.2, 0.25) is 0 Å². The number of fused-ring (bicyclic) bond motifs is 2. The maximum Gasteiger partial charge on any atom is 0.410 e. The van der Waals surface area contributed by atoms with Gasteiger partial charge in [0.1, 0.15) is 11.4 Å². The van der Waals surface area contributed by atoms with Crippen molar-refractivity contribution in [3.63, 3.8) is 0 Å². The van der Waals surface area contributed by atoms with Crippen molar-refractivity contribution >= 4 is 21.8 Å². The Kier molecular flexibility index (Phi) is 6.10. The summed E-state index contributed by atoms with van der Waals surface area (Å²) < 4.78 is 46.8. The lowest BCUT2D eigenvalue weighted by atomic mass is 9.99. The van der Waals surface area contributed by atoms with E-state index in [0.29, 0.717) is 36.9 Å². The van der Waals surface area contributed by atoms with Crippen LogP contribution in [-0.4, -0.2) is 60.2 Å². The highest BCUT2D eigenvalue weighted by molar-refractivity contribution is 7.89. The van der Waals surface area contributed by atoms with Gasteiger partial charge in [-0.25, -0.2) is 17.6 Å². The molecule has 7 nitrogen and oxygen atoms in total. The number of carbonyl (C=O) groups excluding carboxylic acids is 1. The quantitative estimate of drug-likeness (QED) is 0.749. The highest BCUT2D eigenvalue weighted by Gasteiger charge is 2.44. The van der Waals surface area contributed by atoms with Crippen LogP contribution in [0.15, 0.2) is 18.2 Å². The smallest absolute Gasteiger partial charge is 0.410 e. The zero-order valence-corrected chi connectivity index (χ0v) is 18.0. The monoisotopic (exact) mass is 427 g/mol. The third-order valence-corrected chi connectivity index (χ3v) is 7.42. The molecule has 0 aromatic heterocycles. The van der Waals surface area contributed by atoms with Crippen molar-refractivity contribution < 1.29 is 22.3 Å². The molecular weight excluding hydrogens is 397 g/mol. The van der Waals surface area contributed by atoms with Gasteiger partial charge in [0.25, 0.3) is 0 Å². The fourth-order valence-corrected chi connectivity index (χ4v) is 5.85. The Balaban J connectivity index is 1.83. The van der Waals surface area contributed by atoms with E-state index in [0.717, 1.165) is 0 Å². The van der Waals surface area contributed by atoms with E-state index < -0.39 is 33.6 Å². The molecule has 0 aliphatic carbocycles. The number of carbonyl (C=O) groups is 1. The second-order valence-corrected chi connectivity index (χ2v) is 10.9. The molecule has 3 atom stereocenters. The van der Waals surface area contributed by atoms with Crippen LogP contribution < -0.4 is 5.73 Å². The third kappa shape index (κ3) is 5.01. The molecule has 2 aliphatic rings. The first-order chi connectivity index (χ1) is 13.5. The van der Waals surface area contributed by atoms with Crippen molar-refractivity contribution in [2.24, 2.45) is 0 Å². The number of nitrogens with zero attached hydrogens (tertiary/aromatic N) is 2. The lowest BCUT2D eigenvalue weighted by molar-refractivity contribution is -0.00328. The van der Waals surface area contributed by atoms with Gasteiger partial charge in [-0.1, -0.05) is 6.07 Å². The van der Waals surface area contributed by atoms with Gasteiger partial charge in [0.05, 0.1) is 5.75 Å². The lowest BCUT2D eigenvalue weighted by Crippen LogP contribution is -2.60. The Morgan fingerprint density at radius 1 is 1.31 bits per heavy atom. The molecule has 2 fully saturated rings. The van der Waals surface area contributed by atoms with Gasteiger partial charge in [0, 0.05) is 36.4 Å². The lowest BCUT2D eigenvalue weighted by Gasteiger charge is -2.44. The number of ether oxygens (including phenoxy) is 1. The van der Waals surface area contributed by atoms with Gasteiger partial charge in [0.15, 0.2) is 0 Å². The second-order valence-electron chi connectivity index (χ2n) is 8.81. The molecule has 2 N–H and O–H groups in total. The molecule has 29 heavy (non-hydrogen) atoms. The largest absolute Gasteiger partial charge is 0.444 e. The molecule has 3 unspecified atom stereocenters. The first kappa shape index (κ1) is 21.8. The number of halogens is 1. The molecule has 2 aliphatic heterocycles. The molecule has 1 aromatic carbocycles. The maximum atomic E-state index is 14.2. The summed E-state index contributed by atoms with van der Waals surface area (Å²) in [4.78, 5) is 14.4. The number of benzene rings is 1. The summed E-state index contributed by atoms with van der Waals surface area (Å²) in [5.74, 6) is -0.342. The highest BCUT2D eigenvalue weighted by Crippen LogP contribution is 2.30. The molecule has 1 amide bonds. The van der Waals surface area contributed by atoms with Gasteiger partial charge in [-0.3, -0.25) is 0 Å². The first-order valence-electron chi connectivity index (χ1n) is 10.00. The van der Waals surface area contributed by atoms with Crippen LogP contribution in [-0.2, 0) is 21.2 Å². The van der Waals surface area contributed by atoms with Crippen LogP contribution in [0.4, 0.5) is 14.9 Å². The molecule has 2 heterocycles. The van der Waals surface area contributed by atoms with Crippen molar-refractivity contribution in [3.8, 4) is 0 Å². The Labute approximate surface area is 172 Å². The van der Waals surface area contributed by atoms with Gasteiger partial charge in [0.2, 0.25) is 10.0 Å². The Hall–Kier alpha value is -1.87. The SMILES string of the molecule is CC(C)(C)OC(=O)N1CC(CCc2c(N)cccc2F)N2CC1CCCS2(=O)=O. The number of rotatable bonds is 3. The van der Waals surface area contributed by atoms with Crippen molar-refractivity contribution in [2.45, 2.75) is 64.1 Å². The predicted octanol–water partition coefficient (Wildman–Crippen LogP) is 2.75. The number of sulfonamides is 1. The van der Waals surface area contributed by atoms with Crippen molar-refractivity contribution in [3.05, 3.63) is 29.6 Å². The number of piperazine rings is 1. The predicted molar refractivity (Wildman–Crippen MR) is 109 cm³/mol. The summed E-state index contributed by atoms with van der Waals surface area (Å²) in [6.07, 6.45) is 1.34. The molecule has 3 rings (SSSR count). The Morgan fingerprint density at radius 2 is 2.03 bits per heavy atom. The summed E-state index contributed by atoms with van der Waals surface area (Å²) in [5.41, 5.74) is 6.00. The van der Waals surface area contributed by atoms with Crippen molar-refractivity contribution in [1.29, 1.82) is 0 Å². The summed E-state index contributed by atoms with van der Waals surface area (Å²) in [5, 5.41) is 0. The van der Waals surface area contributed by atoms with Crippen molar-refractivity contribution in [2.75, 3.05) is 24.6 Å². The van der Waals surface area contributed by atoms with Gasteiger partial charge < -0.3 is 15.4 Å². The fourth-order valence-electron chi connectivity index (χ4n) is 4.06. The highest BCUT2D eigenvalue weighted by atomic mass is 32.2. The molecule has 0 saturated carbocycles. The normalized spacial score (nSPS) is 26.6. The average Bonchev–Trinajstić information content (AvgIpc) is 2.71. The van der Waals surface area contributed by atoms with Crippen molar-refractivity contribution in [1.82, 2.24) is 9.21 Å². The van der Waals surface area contributed by atoms with E-state index in [9.17, 15) is 17.6 Å². The van der Waals surface area contributed by atoms with E-state index in [4.69, 9.17) is 10.5 Å². The van der Waals surface area contributed by atoms with Crippen LogP contribution >= 0.6 is 0 Å². The van der Waals surface area contributed by atoms with Crippen LogP contribution in [0.5, 0.6) is 0 Å². The fraction of sp³-hybridized carbons (Fsp3) is 0.650. The minimum atomic E-state index is -3.42. The molecule has 2 bridgehead atoms. The minimum absolute atomic E-state index is 0.0595. The van der Waals surface area contributed by atoms with E-state index in [1.165, 1.54) is 10.4 Å². The van der Waals surface area contributed by atoms with Crippen LogP contribution in [0.25, 0.3) is 0 Å².